The SMILES string of the molecule is [CH2-]N.[SH-].[Zn+2]. The van der Waals surface area contributed by atoms with Crippen LogP contribution >= 0.6 is 0 Å². The Hall–Kier alpha value is 0.933. The van der Waals surface area contributed by atoms with Gasteiger partial charge in [0, 0.05) is 0 Å². The smallest absolute Gasteiger partial charge is 0.813 e. The molecule has 0 bridgehead atoms. The summed E-state index contributed by atoms with van der Waals surface area (Å²) in [6.07, 6.45) is 0. The molecular formula is CH5NSZn. The Morgan fingerprint density at radius 1 is 1.25 bits per heavy atom. The second-order valence-electron chi connectivity index (χ2n) is 0. The summed E-state index contributed by atoms with van der Waals surface area (Å²) >= 11 is 0. The first-order valence-corrected chi connectivity index (χ1v) is 0.408. The van der Waals surface area contributed by atoms with Crippen LogP contribution in [0.2, 0.25) is 0 Å². The van der Waals surface area contributed by atoms with Gasteiger partial charge in [-0.15, -0.1) is 0 Å². The molecule has 0 aliphatic heterocycles. The van der Waals surface area contributed by atoms with Gasteiger partial charge in [-0.2, -0.15) is 0 Å². The molecule has 4 heavy (non-hydrogen) atoms. The molecule has 22 valence electrons. The summed E-state index contributed by atoms with van der Waals surface area (Å²) in [5.74, 6) is 0. The Balaban J connectivity index is -0.00000000500. The van der Waals surface area contributed by atoms with Crippen molar-refractivity contribution in [3.63, 3.8) is 0 Å². The molecule has 0 rings (SSSR count). The summed E-state index contributed by atoms with van der Waals surface area (Å²) in [5, 5.41) is 0. The molecule has 0 aliphatic carbocycles. The van der Waals surface area contributed by atoms with Crippen molar-refractivity contribution in [1.29, 1.82) is 0 Å². The van der Waals surface area contributed by atoms with E-state index in [1.54, 1.807) is 0 Å². The van der Waals surface area contributed by atoms with Crippen molar-refractivity contribution in [2.75, 3.05) is 0 Å². The maximum Gasteiger partial charge on any atom is 2.00 e. The third-order valence-corrected chi connectivity index (χ3v) is 0. The van der Waals surface area contributed by atoms with Crippen LogP contribution in [0.1, 0.15) is 0 Å². The average molecular weight is 129 g/mol. The van der Waals surface area contributed by atoms with Crippen LogP contribution in [0.5, 0.6) is 0 Å². The summed E-state index contributed by atoms with van der Waals surface area (Å²) in [6, 6.07) is 0. The molecule has 0 aliphatic rings. The zero-order valence-corrected chi connectivity index (χ0v) is 6.30. The van der Waals surface area contributed by atoms with E-state index in [0.29, 0.717) is 0 Å². The van der Waals surface area contributed by atoms with Crippen LogP contribution in [0.15, 0.2) is 0 Å². The number of thiol groups is 1. The van der Waals surface area contributed by atoms with Gasteiger partial charge < -0.3 is 19.2 Å². The molecule has 0 saturated heterocycles. The molecule has 0 aromatic carbocycles. The predicted octanol–water partition coefficient (Wildman–Crippen LogP) is -0.536. The van der Waals surface area contributed by atoms with E-state index in [1.807, 2.05) is 0 Å². The van der Waals surface area contributed by atoms with E-state index in [0.717, 1.165) is 0 Å². The van der Waals surface area contributed by atoms with E-state index in [2.05, 4.69) is 12.8 Å². The van der Waals surface area contributed by atoms with Gasteiger partial charge in [-0.25, -0.2) is 0 Å². The quantitative estimate of drug-likeness (QED) is 0.205. The fraction of sp³-hybridized carbons (Fsp3) is 0. The maximum absolute atomic E-state index is 4.25. The van der Waals surface area contributed by atoms with E-state index >= 15 is 0 Å². The van der Waals surface area contributed by atoms with Gasteiger partial charge >= 0.3 is 19.5 Å². The first kappa shape index (κ1) is 20.4. The number of hydrogen-bond acceptors (Lipinski definition) is 2. The first-order valence-electron chi connectivity index (χ1n) is 0.408. The molecule has 3 heteroatoms. The third-order valence-electron chi connectivity index (χ3n) is 0. The zero-order chi connectivity index (χ0) is 2.00. The van der Waals surface area contributed by atoms with E-state index in [1.165, 1.54) is 0 Å². The van der Waals surface area contributed by atoms with Gasteiger partial charge in [0.05, 0.1) is 0 Å². The Morgan fingerprint density at radius 3 is 1.25 bits per heavy atom. The van der Waals surface area contributed by atoms with E-state index < -0.39 is 0 Å². The molecular weight excluding hydrogens is 123 g/mol. The second-order valence-corrected chi connectivity index (χ2v) is 0. The molecule has 0 spiro atoms. The molecule has 0 saturated carbocycles. The van der Waals surface area contributed by atoms with Crippen LogP contribution in [-0.4, -0.2) is 0 Å². The van der Waals surface area contributed by atoms with Crippen LogP contribution in [0.25, 0.3) is 0 Å². The standard InChI is InChI=1S/CH4N.H2S.Zn/c1-2;;/h1-2H2;1H2;/q-1;;+2/p-1. The van der Waals surface area contributed by atoms with Gasteiger partial charge in [0.15, 0.2) is 0 Å². The minimum atomic E-state index is 0. The molecule has 0 fully saturated rings. The fourth-order valence-corrected chi connectivity index (χ4v) is 0. The van der Waals surface area contributed by atoms with E-state index in [9.17, 15) is 0 Å². The molecule has 0 aromatic rings. The topological polar surface area (TPSA) is 26.0 Å². The summed E-state index contributed by atoms with van der Waals surface area (Å²) in [6.45, 7) is 0. The second kappa shape index (κ2) is 38.8. The van der Waals surface area contributed by atoms with Crippen molar-refractivity contribution < 1.29 is 19.5 Å². The van der Waals surface area contributed by atoms with Crippen molar-refractivity contribution in [3.05, 3.63) is 7.05 Å². The zero-order valence-electron chi connectivity index (χ0n) is 2.44. The maximum atomic E-state index is 4.25. The summed E-state index contributed by atoms with van der Waals surface area (Å²) in [5.41, 5.74) is 4.25. The number of rotatable bonds is 0. The summed E-state index contributed by atoms with van der Waals surface area (Å²) in [7, 11) is 2.75. The molecule has 0 aromatic heterocycles. The van der Waals surface area contributed by atoms with Gasteiger partial charge in [-0.1, -0.05) is 0 Å². The Kier molecular flexibility index (Phi) is 198. The summed E-state index contributed by atoms with van der Waals surface area (Å²) in [4.78, 5) is 0. The Bertz CT molecular complexity index is 8.00. The monoisotopic (exact) mass is 127 g/mol. The van der Waals surface area contributed by atoms with Gasteiger partial charge in [-0.05, 0) is 0 Å². The molecule has 0 radical (unpaired) electrons. The van der Waals surface area contributed by atoms with E-state index in [4.69, 9.17) is 0 Å². The Morgan fingerprint density at radius 2 is 1.25 bits per heavy atom. The van der Waals surface area contributed by atoms with Gasteiger partial charge in [0.2, 0.25) is 0 Å². The number of hydrogen-bond donors (Lipinski definition) is 1. The van der Waals surface area contributed by atoms with Crippen molar-refractivity contribution in [2.45, 2.75) is 0 Å². The summed E-state index contributed by atoms with van der Waals surface area (Å²) < 4.78 is 0. The van der Waals surface area contributed by atoms with E-state index in [-0.39, 0.29) is 33.0 Å². The minimum Gasteiger partial charge on any atom is -0.813 e. The van der Waals surface area contributed by atoms with Crippen LogP contribution in [0.3, 0.4) is 0 Å². The average Bonchev–Trinajstić information content (AvgIpc) is 1.00. The molecule has 0 amide bonds. The molecule has 1 nitrogen and oxygen atoms in total. The van der Waals surface area contributed by atoms with Gasteiger partial charge in [0.1, 0.15) is 0 Å². The molecule has 0 unspecified atom stereocenters. The van der Waals surface area contributed by atoms with Crippen molar-refractivity contribution in [1.82, 2.24) is 0 Å². The predicted molar refractivity (Wildman–Crippen MR) is 18.3 cm³/mol. The van der Waals surface area contributed by atoms with Crippen LogP contribution in [0.4, 0.5) is 0 Å². The first-order chi connectivity index (χ1) is 1.00. The van der Waals surface area contributed by atoms with Gasteiger partial charge in [-0.3, -0.25) is 7.05 Å². The van der Waals surface area contributed by atoms with Crippen LogP contribution in [-0.2, 0) is 33.0 Å². The largest absolute Gasteiger partial charge is 2.00 e. The van der Waals surface area contributed by atoms with Gasteiger partial charge in [0.25, 0.3) is 0 Å². The fourth-order valence-electron chi connectivity index (χ4n) is 0. The number of nitrogens with two attached hydrogens (primary N) is 1. The normalized spacial score (nSPS) is 1.50. The minimum absolute atomic E-state index is 0. The van der Waals surface area contributed by atoms with Crippen LogP contribution in [0, 0.1) is 7.05 Å². The molecule has 0 atom stereocenters. The van der Waals surface area contributed by atoms with Crippen molar-refractivity contribution in [2.24, 2.45) is 5.73 Å². The molecule has 0 heterocycles. The van der Waals surface area contributed by atoms with Crippen LogP contribution < -0.4 is 5.73 Å². The Labute approximate surface area is 46.2 Å². The molecule has 2 N–H and O–H groups in total. The third kappa shape index (κ3) is 12.6. The van der Waals surface area contributed by atoms with Crippen molar-refractivity contribution >= 4 is 13.5 Å². The van der Waals surface area contributed by atoms with Crippen molar-refractivity contribution in [3.8, 4) is 0 Å².